The Bertz CT molecular complexity index is 1220. The Morgan fingerprint density at radius 3 is 2.37 bits per heavy atom. The van der Waals surface area contributed by atoms with Gasteiger partial charge in [0.2, 0.25) is 0 Å². The van der Waals surface area contributed by atoms with Crippen molar-refractivity contribution >= 4 is 28.5 Å². The first-order valence-electron chi connectivity index (χ1n) is 9.67. The van der Waals surface area contributed by atoms with Crippen LogP contribution >= 0.6 is 11.6 Å². The van der Waals surface area contributed by atoms with E-state index in [1.54, 1.807) is 11.9 Å². The molecule has 156 valence electrons. The Morgan fingerprint density at radius 1 is 1.03 bits per heavy atom. The Labute approximate surface area is 177 Å². The number of hydrogen-bond donors (Lipinski definition) is 0. The summed E-state index contributed by atoms with van der Waals surface area (Å²) < 4.78 is 2.33. The molecule has 1 aliphatic rings. The average molecular weight is 428 g/mol. The van der Waals surface area contributed by atoms with E-state index in [0.717, 1.165) is 24.2 Å². The number of benzene rings is 1. The number of rotatable bonds is 3. The maximum absolute atomic E-state index is 13.0. The lowest BCUT2D eigenvalue weighted by atomic mass is 10.1. The van der Waals surface area contributed by atoms with E-state index in [0.29, 0.717) is 23.7 Å². The number of halogens is 1. The second kappa shape index (κ2) is 8.04. The summed E-state index contributed by atoms with van der Waals surface area (Å²) in [6.45, 7) is 3.50. The van der Waals surface area contributed by atoms with Crippen molar-refractivity contribution < 1.29 is 4.79 Å². The normalized spacial score (nSPS) is 15.0. The van der Waals surface area contributed by atoms with Crippen molar-refractivity contribution in [3.05, 3.63) is 73.5 Å². The highest BCUT2D eigenvalue weighted by Crippen LogP contribution is 2.15. The molecule has 1 aromatic carbocycles. The van der Waals surface area contributed by atoms with E-state index in [-0.39, 0.29) is 16.9 Å². The van der Waals surface area contributed by atoms with Crippen molar-refractivity contribution in [2.75, 3.05) is 26.2 Å². The third-order valence-electron chi connectivity index (χ3n) is 5.52. The zero-order valence-corrected chi connectivity index (χ0v) is 17.6. The molecule has 0 bridgehead atoms. The van der Waals surface area contributed by atoms with Gasteiger partial charge in [0.05, 0.1) is 10.9 Å². The third-order valence-corrected chi connectivity index (χ3v) is 5.77. The molecule has 30 heavy (non-hydrogen) atoms. The monoisotopic (exact) mass is 427 g/mol. The summed E-state index contributed by atoms with van der Waals surface area (Å²) in [6, 6.07) is 9.31. The molecule has 0 N–H and O–H groups in total. The highest BCUT2D eigenvalue weighted by Gasteiger charge is 2.23. The molecule has 0 spiro atoms. The smallest absolute Gasteiger partial charge is 0.332 e. The Hall–Kier alpha value is -2.97. The molecule has 0 aliphatic carbocycles. The zero-order valence-electron chi connectivity index (χ0n) is 16.8. The lowest BCUT2D eigenvalue weighted by Crippen LogP contribution is -2.48. The number of carbonyl (C=O) groups is 1. The van der Waals surface area contributed by atoms with Crippen LogP contribution in [-0.2, 0) is 20.6 Å². The highest BCUT2D eigenvalue weighted by molar-refractivity contribution is 6.30. The first-order chi connectivity index (χ1) is 14.3. The number of aryl methyl sites for hydroxylation is 1. The minimum atomic E-state index is -0.456. The predicted molar refractivity (Wildman–Crippen MR) is 115 cm³/mol. The van der Waals surface area contributed by atoms with E-state index in [1.807, 2.05) is 24.3 Å². The quantitative estimate of drug-likeness (QED) is 0.628. The number of fused-ring (bicyclic) bond motifs is 1. The van der Waals surface area contributed by atoms with Crippen molar-refractivity contribution in [2.24, 2.45) is 14.1 Å². The fraction of sp³-hybridized carbons (Fsp3) is 0.333. The molecule has 8 nitrogen and oxygen atoms in total. The molecular weight excluding hydrogens is 406 g/mol. The average Bonchev–Trinajstić information content (AvgIpc) is 2.77. The number of carbonyl (C=O) groups excluding carboxylic acids is 1. The number of amides is 1. The van der Waals surface area contributed by atoms with Crippen LogP contribution in [0.2, 0.25) is 5.02 Å². The van der Waals surface area contributed by atoms with Crippen LogP contribution < -0.4 is 11.2 Å². The van der Waals surface area contributed by atoms with Gasteiger partial charge in [-0.3, -0.25) is 23.6 Å². The Kier molecular flexibility index (Phi) is 5.44. The molecule has 2 aromatic heterocycles. The van der Waals surface area contributed by atoms with E-state index >= 15 is 0 Å². The first-order valence-corrected chi connectivity index (χ1v) is 10.0. The maximum Gasteiger partial charge on any atom is 0.332 e. The Balaban J connectivity index is 1.49. The minimum Gasteiger partial charge on any atom is -0.336 e. The summed E-state index contributed by atoms with van der Waals surface area (Å²) in [5.41, 5.74) is 0.898. The molecule has 9 heteroatoms. The van der Waals surface area contributed by atoms with E-state index in [9.17, 15) is 14.4 Å². The summed E-state index contributed by atoms with van der Waals surface area (Å²) in [6.07, 6.45) is 1.43. The van der Waals surface area contributed by atoms with Gasteiger partial charge in [-0.15, -0.1) is 0 Å². The van der Waals surface area contributed by atoms with E-state index < -0.39 is 11.2 Å². The molecule has 0 radical (unpaired) electrons. The molecule has 1 saturated heterocycles. The van der Waals surface area contributed by atoms with Crippen molar-refractivity contribution in [3.8, 4) is 0 Å². The second-order valence-electron chi connectivity index (χ2n) is 7.50. The number of hydrogen-bond acceptors (Lipinski definition) is 5. The molecule has 1 fully saturated rings. The molecule has 0 saturated carbocycles. The number of pyridine rings is 1. The van der Waals surface area contributed by atoms with Gasteiger partial charge in [0.25, 0.3) is 11.5 Å². The van der Waals surface area contributed by atoms with E-state index in [2.05, 4.69) is 9.88 Å². The van der Waals surface area contributed by atoms with Crippen molar-refractivity contribution in [3.63, 3.8) is 0 Å². The van der Waals surface area contributed by atoms with Crippen molar-refractivity contribution in [1.29, 1.82) is 0 Å². The lowest BCUT2D eigenvalue weighted by Gasteiger charge is -2.34. The zero-order chi connectivity index (χ0) is 21.4. The summed E-state index contributed by atoms with van der Waals surface area (Å²) in [4.78, 5) is 45.8. The van der Waals surface area contributed by atoms with E-state index in [4.69, 9.17) is 11.6 Å². The summed E-state index contributed by atoms with van der Waals surface area (Å²) in [7, 11) is 2.97. The van der Waals surface area contributed by atoms with Crippen LogP contribution in [0.3, 0.4) is 0 Å². The van der Waals surface area contributed by atoms with Crippen LogP contribution in [0.15, 0.2) is 46.1 Å². The summed E-state index contributed by atoms with van der Waals surface area (Å²) in [5, 5.41) is 0.972. The third kappa shape index (κ3) is 3.76. The summed E-state index contributed by atoms with van der Waals surface area (Å²) >= 11 is 5.94. The van der Waals surface area contributed by atoms with Gasteiger partial charge in [0.15, 0.2) is 0 Å². The fourth-order valence-corrected chi connectivity index (χ4v) is 3.85. The van der Waals surface area contributed by atoms with Gasteiger partial charge in [-0.1, -0.05) is 23.7 Å². The number of aromatic nitrogens is 3. The maximum atomic E-state index is 13.0. The van der Waals surface area contributed by atoms with E-state index in [1.165, 1.54) is 29.4 Å². The van der Waals surface area contributed by atoms with Crippen molar-refractivity contribution in [2.45, 2.75) is 6.54 Å². The molecule has 0 unspecified atom stereocenters. The number of piperazine rings is 1. The first kappa shape index (κ1) is 20.3. The predicted octanol–water partition coefficient (Wildman–Crippen LogP) is 1.24. The van der Waals surface area contributed by atoms with Crippen LogP contribution in [-0.4, -0.2) is 56.0 Å². The molecule has 3 aromatic rings. The minimum absolute atomic E-state index is 0.161. The number of nitrogens with zero attached hydrogens (tertiary/aromatic N) is 5. The van der Waals surface area contributed by atoms with Gasteiger partial charge in [-0.25, -0.2) is 9.78 Å². The largest absolute Gasteiger partial charge is 0.336 e. The van der Waals surface area contributed by atoms with Gasteiger partial charge in [0.1, 0.15) is 5.65 Å². The highest BCUT2D eigenvalue weighted by atomic mass is 35.5. The molecular formula is C21H22ClN5O3. The Morgan fingerprint density at radius 2 is 1.70 bits per heavy atom. The van der Waals surface area contributed by atoms with Crippen molar-refractivity contribution in [1.82, 2.24) is 23.9 Å². The molecule has 1 amide bonds. The standard InChI is InChI=1S/C21H22ClN5O3/c1-24-18-17(20(29)25(2)21(24)30)11-15(12-23-18)19(28)27-9-7-26(8-10-27)13-14-3-5-16(22)6-4-14/h3-6,11-12H,7-10,13H2,1-2H3. The molecule has 0 atom stereocenters. The van der Waals surface area contributed by atoms with Crippen LogP contribution in [0.25, 0.3) is 11.0 Å². The lowest BCUT2D eigenvalue weighted by molar-refractivity contribution is 0.0628. The second-order valence-corrected chi connectivity index (χ2v) is 7.93. The SMILES string of the molecule is Cn1c(=O)c2cc(C(=O)N3CCN(Cc4ccc(Cl)cc4)CC3)cnc2n(C)c1=O. The van der Waals surface area contributed by atoms with Crippen LogP contribution in [0.5, 0.6) is 0 Å². The molecule has 1 aliphatic heterocycles. The van der Waals surface area contributed by atoms with Gasteiger partial charge < -0.3 is 4.90 Å². The summed E-state index contributed by atoms with van der Waals surface area (Å²) in [5.74, 6) is -0.161. The molecule has 3 heterocycles. The van der Waals surface area contributed by atoms with Gasteiger partial charge >= 0.3 is 5.69 Å². The molecule has 4 rings (SSSR count). The van der Waals surface area contributed by atoms with Gasteiger partial charge in [0, 0.05) is 58.0 Å². The van der Waals surface area contributed by atoms with Gasteiger partial charge in [-0.05, 0) is 23.8 Å². The van der Waals surface area contributed by atoms with Gasteiger partial charge in [-0.2, -0.15) is 0 Å². The van der Waals surface area contributed by atoms with Crippen LogP contribution in [0, 0.1) is 0 Å². The van der Waals surface area contributed by atoms with Crippen LogP contribution in [0.4, 0.5) is 0 Å². The van der Waals surface area contributed by atoms with Crippen LogP contribution in [0.1, 0.15) is 15.9 Å². The fourth-order valence-electron chi connectivity index (χ4n) is 3.72. The topological polar surface area (TPSA) is 80.4 Å².